The van der Waals surface area contributed by atoms with Gasteiger partial charge in [-0.25, -0.2) is 0 Å². The van der Waals surface area contributed by atoms with Crippen LogP contribution in [0.25, 0.3) is 0 Å². The molecule has 1 heterocycles. The van der Waals surface area contributed by atoms with Crippen LogP contribution in [-0.2, 0) is 9.31 Å². The minimum Gasteiger partial charge on any atom is -0.405 e. The number of hydrogen-bond acceptors (Lipinski definition) is 2. The molecule has 1 aromatic carbocycles. The van der Waals surface area contributed by atoms with E-state index in [4.69, 9.17) is 9.31 Å². The highest BCUT2D eigenvalue weighted by atomic mass is 16.6. The second-order valence-electron chi connectivity index (χ2n) is 4.23. The summed E-state index contributed by atoms with van der Waals surface area (Å²) in [7, 11) is -0.150. The van der Waals surface area contributed by atoms with Gasteiger partial charge in [-0.2, -0.15) is 0 Å². The van der Waals surface area contributed by atoms with E-state index in [1.54, 1.807) is 0 Å². The molecule has 2 nitrogen and oxygen atoms in total. The molecule has 0 amide bonds. The maximum atomic E-state index is 5.55. The van der Waals surface area contributed by atoms with Gasteiger partial charge in [0.25, 0.3) is 0 Å². The zero-order chi connectivity index (χ0) is 11.0. The average Bonchev–Trinajstić information content (AvgIpc) is 2.73. The van der Waals surface area contributed by atoms with Crippen LogP contribution in [0, 0.1) is 27.7 Å². The molecule has 0 aliphatic carbocycles. The number of benzene rings is 1. The molecular formula is C12H17BO2. The van der Waals surface area contributed by atoms with Gasteiger partial charge in [-0.3, -0.25) is 0 Å². The van der Waals surface area contributed by atoms with Crippen molar-refractivity contribution < 1.29 is 9.31 Å². The summed E-state index contributed by atoms with van der Waals surface area (Å²) >= 11 is 0. The highest BCUT2D eigenvalue weighted by molar-refractivity contribution is 6.62. The molecule has 1 aliphatic heterocycles. The van der Waals surface area contributed by atoms with Crippen LogP contribution in [0.2, 0.25) is 0 Å². The predicted octanol–water partition coefficient (Wildman–Crippen LogP) is 1.66. The smallest absolute Gasteiger partial charge is 0.405 e. The summed E-state index contributed by atoms with van der Waals surface area (Å²) in [5.41, 5.74) is 6.52. The van der Waals surface area contributed by atoms with Gasteiger partial charge in [-0.15, -0.1) is 0 Å². The molecule has 1 aromatic rings. The van der Waals surface area contributed by atoms with Crippen LogP contribution in [-0.4, -0.2) is 20.3 Å². The van der Waals surface area contributed by atoms with Gasteiger partial charge >= 0.3 is 7.12 Å². The lowest BCUT2D eigenvalue weighted by atomic mass is 9.73. The van der Waals surface area contributed by atoms with Crippen molar-refractivity contribution in [2.24, 2.45) is 0 Å². The fraction of sp³-hybridized carbons (Fsp3) is 0.500. The van der Waals surface area contributed by atoms with Gasteiger partial charge in [0, 0.05) is 0 Å². The predicted molar refractivity (Wildman–Crippen MR) is 62.7 cm³/mol. The van der Waals surface area contributed by atoms with E-state index < -0.39 is 0 Å². The van der Waals surface area contributed by atoms with Gasteiger partial charge in [0.05, 0.1) is 13.2 Å². The first-order valence-electron chi connectivity index (χ1n) is 5.41. The minimum atomic E-state index is -0.150. The molecule has 1 saturated heterocycles. The van der Waals surface area contributed by atoms with Gasteiger partial charge in [-0.05, 0) is 55.4 Å². The Morgan fingerprint density at radius 3 is 2.13 bits per heavy atom. The average molecular weight is 204 g/mol. The summed E-state index contributed by atoms with van der Waals surface area (Å²) in [5, 5.41) is 0. The molecule has 0 unspecified atom stereocenters. The molecule has 1 fully saturated rings. The van der Waals surface area contributed by atoms with Gasteiger partial charge in [0.15, 0.2) is 0 Å². The molecule has 3 heteroatoms. The molecule has 1 aliphatic rings. The summed E-state index contributed by atoms with van der Waals surface area (Å²) in [4.78, 5) is 0. The zero-order valence-corrected chi connectivity index (χ0v) is 9.89. The molecule has 0 atom stereocenters. The Kier molecular flexibility index (Phi) is 2.85. The normalized spacial score (nSPS) is 16.1. The Morgan fingerprint density at radius 2 is 1.53 bits per heavy atom. The van der Waals surface area contributed by atoms with Crippen LogP contribution in [0.3, 0.4) is 0 Å². The van der Waals surface area contributed by atoms with E-state index >= 15 is 0 Å². The van der Waals surface area contributed by atoms with Crippen molar-refractivity contribution in [2.75, 3.05) is 13.2 Å². The van der Waals surface area contributed by atoms with Crippen molar-refractivity contribution in [1.82, 2.24) is 0 Å². The minimum absolute atomic E-state index is 0.150. The molecule has 0 N–H and O–H groups in total. The second kappa shape index (κ2) is 3.99. The summed E-state index contributed by atoms with van der Waals surface area (Å²) < 4.78 is 11.1. The first-order chi connectivity index (χ1) is 7.11. The van der Waals surface area contributed by atoms with Crippen molar-refractivity contribution in [3.8, 4) is 0 Å². The van der Waals surface area contributed by atoms with Crippen LogP contribution < -0.4 is 5.46 Å². The summed E-state index contributed by atoms with van der Waals surface area (Å²) in [6.45, 7) is 10.0. The lowest BCUT2D eigenvalue weighted by Gasteiger charge is -2.15. The molecule has 0 spiro atoms. The van der Waals surface area contributed by atoms with Gasteiger partial charge in [-0.1, -0.05) is 6.07 Å². The van der Waals surface area contributed by atoms with Crippen molar-refractivity contribution in [1.29, 1.82) is 0 Å². The first kappa shape index (κ1) is 10.7. The Bertz CT molecular complexity index is 382. The van der Waals surface area contributed by atoms with Crippen LogP contribution >= 0.6 is 0 Å². The van der Waals surface area contributed by atoms with E-state index in [9.17, 15) is 0 Å². The Morgan fingerprint density at radius 1 is 0.933 bits per heavy atom. The van der Waals surface area contributed by atoms with Crippen molar-refractivity contribution in [3.63, 3.8) is 0 Å². The van der Waals surface area contributed by atoms with Crippen LogP contribution in [0.1, 0.15) is 22.3 Å². The fourth-order valence-corrected chi connectivity index (χ4v) is 2.03. The molecule has 80 valence electrons. The highest BCUT2D eigenvalue weighted by Crippen LogP contribution is 2.16. The maximum Gasteiger partial charge on any atom is 0.494 e. The van der Waals surface area contributed by atoms with Crippen molar-refractivity contribution >= 4 is 12.6 Å². The molecule has 0 bridgehead atoms. The number of aryl methyl sites for hydroxylation is 1. The van der Waals surface area contributed by atoms with Crippen molar-refractivity contribution in [2.45, 2.75) is 27.7 Å². The summed E-state index contributed by atoms with van der Waals surface area (Å²) in [6, 6.07) is 2.19. The van der Waals surface area contributed by atoms with Crippen LogP contribution in [0.15, 0.2) is 6.07 Å². The summed E-state index contributed by atoms with van der Waals surface area (Å²) in [5.74, 6) is 0. The van der Waals surface area contributed by atoms with Gasteiger partial charge in [0.1, 0.15) is 0 Å². The molecular weight excluding hydrogens is 187 g/mol. The lowest BCUT2D eigenvalue weighted by molar-refractivity contribution is 0.365. The standard InChI is InChI=1S/C12H17BO2/c1-8-7-12(13-14-5-6-15-13)11(4)10(3)9(8)2/h7H,5-6H2,1-4H3. The third-order valence-electron chi connectivity index (χ3n) is 3.40. The van der Waals surface area contributed by atoms with Crippen LogP contribution in [0.5, 0.6) is 0 Å². The van der Waals surface area contributed by atoms with Gasteiger partial charge < -0.3 is 9.31 Å². The Labute approximate surface area is 91.7 Å². The van der Waals surface area contributed by atoms with E-state index in [2.05, 4.69) is 33.8 Å². The van der Waals surface area contributed by atoms with Gasteiger partial charge in [0.2, 0.25) is 0 Å². The lowest BCUT2D eigenvalue weighted by Crippen LogP contribution is -2.34. The van der Waals surface area contributed by atoms with Crippen LogP contribution in [0.4, 0.5) is 0 Å². The second-order valence-corrected chi connectivity index (χ2v) is 4.23. The Hall–Kier alpha value is -0.795. The van der Waals surface area contributed by atoms with E-state index in [-0.39, 0.29) is 7.12 Å². The molecule has 0 radical (unpaired) electrons. The molecule has 15 heavy (non-hydrogen) atoms. The highest BCUT2D eigenvalue weighted by Gasteiger charge is 2.28. The summed E-state index contributed by atoms with van der Waals surface area (Å²) in [6.07, 6.45) is 0. The Balaban J connectivity index is 2.47. The third-order valence-corrected chi connectivity index (χ3v) is 3.40. The molecule has 0 saturated carbocycles. The largest absolute Gasteiger partial charge is 0.494 e. The first-order valence-corrected chi connectivity index (χ1v) is 5.41. The number of hydrogen-bond donors (Lipinski definition) is 0. The third kappa shape index (κ3) is 1.82. The maximum absolute atomic E-state index is 5.55. The van der Waals surface area contributed by atoms with E-state index in [1.807, 2.05) is 0 Å². The topological polar surface area (TPSA) is 18.5 Å². The monoisotopic (exact) mass is 204 g/mol. The zero-order valence-electron chi connectivity index (χ0n) is 9.89. The quantitative estimate of drug-likeness (QED) is 0.647. The van der Waals surface area contributed by atoms with E-state index in [0.29, 0.717) is 13.2 Å². The molecule has 2 rings (SSSR count). The van der Waals surface area contributed by atoms with Crippen molar-refractivity contribution in [3.05, 3.63) is 28.3 Å². The number of rotatable bonds is 1. The SMILES string of the molecule is Cc1cc(B2OCCO2)c(C)c(C)c1C. The van der Waals surface area contributed by atoms with E-state index in [1.165, 1.54) is 27.7 Å². The van der Waals surface area contributed by atoms with E-state index in [0.717, 1.165) is 0 Å². The molecule has 0 aromatic heterocycles. The fourth-order valence-electron chi connectivity index (χ4n) is 2.03.